The number of hydrogen-bond donors (Lipinski definition) is 1. The third-order valence-electron chi connectivity index (χ3n) is 1.26. The second-order valence-corrected chi connectivity index (χ2v) is 1.96. The highest BCUT2D eigenvalue weighted by Gasteiger charge is 2.02. The molecule has 0 aromatic heterocycles. The Kier molecular flexibility index (Phi) is 6.24. The highest BCUT2D eigenvalue weighted by Crippen LogP contribution is 1.99. The third-order valence-corrected chi connectivity index (χ3v) is 1.26. The predicted molar refractivity (Wildman–Crippen MR) is 46.6 cm³/mol. The van der Waals surface area contributed by atoms with Crippen LogP contribution in [0.25, 0.3) is 0 Å². The Morgan fingerprint density at radius 2 is 2.20 bits per heavy atom. The lowest BCUT2D eigenvalue weighted by Gasteiger charge is -1.97. The van der Waals surface area contributed by atoms with E-state index in [1.807, 2.05) is 13.8 Å². The van der Waals surface area contributed by atoms with Crippen LogP contribution in [0.5, 0.6) is 0 Å². The zero-order chi connectivity index (χ0) is 7.82. The number of nitrogens with zero attached hydrogens (tertiary/aromatic N) is 1. The zero-order valence-electron chi connectivity index (χ0n) is 7.28. The van der Waals surface area contributed by atoms with Gasteiger partial charge in [0.1, 0.15) is 0 Å². The van der Waals surface area contributed by atoms with E-state index in [4.69, 9.17) is 0 Å². The van der Waals surface area contributed by atoms with E-state index in [0.29, 0.717) is 0 Å². The molecule has 2 heteroatoms. The molecule has 1 aliphatic heterocycles. The smallest absolute Gasteiger partial charge is 0.0963 e. The normalized spacial score (nSPS) is 15.3. The summed E-state index contributed by atoms with van der Waals surface area (Å²) in [6.45, 7) is 8.14. The monoisotopic (exact) mass is 142 g/mol. The molecule has 0 atom stereocenters. The van der Waals surface area contributed by atoms with E-state index in [1.165, 1.54) is 12.3 Å². The summed E-state index contributed by atoms with van der Waals surface area (Å²) in [4.78, 5) is 4.23. The van der Waals surface area contributed by atoms with Crippen LogP contribution < -0.4 is 5.32 Å². The fourth-order valence-electron chi connectivity index (χ4n) is 0.888. The van der Waals surface area contributed by atoms with Crippen LogP contribution in [0.15, 0.2) is 4.99 Å². The lowest BCUT2D eigenvalue weighted by atomic mass is 10.3. The minimum Gasteiger partial charge on any atom is -0.374 e. The number of rotatable bonds is 1. The van der Waals surface area contributed by atoms with Gasteiger partial charge in [-0.2, -0.15) is 0 Å². The Bertz CT molecular complexity index is 97.4. The predicted octanol–water partition coefficient (Wildman–Crippen LogP) is 1.81. The molecule has 1 heterocycles. The van der Waals surface area contributed by atoms with Gasteiger partial charge in [0, 0.05) is 19.5 Å². The van der Waals surface area contributed by atoms with Gasteiger partial charge in [-0.3, -0.25) is 4.99 Å². The molecule has 0 saturated carbocycles. The molecule has 1 rings (SSSR count). The number of amidine groups is 1. The largest absolute Gasteiger partial charge is 0.374 e. The fourth-order valence-corrected chi connectivity index (χ4v) is 0.888. The quantitative estimate of drug-likeness (QED) is 0.593. The molecule has 2 nitrogen and oxygen atoms in total. The van der Waals surface area contributed by atoms with Crippen molar-refractivity contribution in [3.8, 4) is 0 Å². The van der Waals surface area contributed by atoms with Gasteiger partial charge in [0.2, 0.25) is 0 Å². The summed E-state index contributed by atoms with van der Waals surface area (Å²) in [5.41, 5.74) is 0. The van der Waals surface area contributed by atoms with E-state index in [1.54, 1.807) is 0 Å². The van der Waals surface area contributed by atoms with Crippen LogP contribution in [0.1, 0.15) is 33.6 Å². The van der Waals surface area contributed by atoms with Crippen LogP contribution >= 0.6 is 0 Å². The average molecular weight is 142 g/mol. The minimum absolute atomic E-state index is 1.01. The van der Waals surface area contributed by atoms with E-state index in [2.05, 4.69) is 17.2 Å². The first kappa shape index (κ1) is 9.47. The van der Waals surface area contributed by atoms with Crippen LogP contribution in [-0.2, 0) is 0 Å². The second-order valence-electron chi connectivity index (χ2n) is 1.96. The maximum Gasteiger partial charge on any atom is 0.0963 e. The van der Waals surface area contributed by atoms with Crippen molar-refractivity contribution in [1.29, 1.82) is 0 Å². The SMILES string of the molecule is CC.CCNC1=NCCC1. The first-order valence-electron chi connectivity index (χ1n) is 4.20. The van der Waals surface area contributed by atoms with Gasteiger partial charge in [-0.15, -0.1) is 0 Å². The molecule has 1 aliphatic rings. The van der Waals surface area contributed by atoms with E-state index >= 15 is 0 Å². The highest BCUT2D eigenvalue weighted by atomic mass is 15.0. The molecule has 0 bridgehead atoms. The van der Waals surface area contributed by atoms with Gasteiger partial charge in [-0.25, -0.2) is 0 Å². The van der Waals surface area contributed by atoms with Gasteiger partial charge in [-0.1, -0.05) is 13.8 Å². The molecule has 0 fully saturated rings. The van der Waals surface area contributed by atoms with Crippen LogP contribution in [0.3, 0.4) is 0 Å². The topological polar surface area (TPSA) is 24.4 Å². The lowest BCUT2D eigenvalue weighted by Crippen LogP contribution is -2.20. The number of nitrogens with one attached hydrogen (secondary N) is 1. The Hall–Kier alpha value is -0.530. The second kappa shape index (κ2) is 6.59. The molecule has 0 saturated heterocycles. The molecule has 0 amide bonds. The fraction of sp³-hybridized carbons (Fsp3) is 0.875. The number of aliphatic imine (C=N–C) groups is 1. The summed E-state index contributed by atoms with van der Waals surface area (Å²) in [5, 5.41) is 3.19. The van der Waals surface area contributed by atoms with Crippen molar-refractivity contribution < 1.29 is 0 Å². The molecule has 60 valence electrons. The van der Waals surface area contributed by atoms with Gasteiger partial charge >= 0.3 is 0 Å². The summed E-state index contributed by atoms with van der Waals surface area (Å²) in [6.07, 6.45) is 2.40. The highest BCUT2D eigenvalue weighted by molar-refractivity contribution is 5.83. The van der Waals surface area contributed by atoms with Crippen LogP contribution in [-0.4, -0.2) is 18.9 Å². The molecular weight excluding hydrogens is 124 g/mol. The van der Waals surface area contributed by atoms with Gasteiger partial charge in [0.25, 0.3) is 0 Å². The van der Waals surface area contributed by atoms with Crippen molar-refractivity contribution in [2.45, 2.75) is 33.6 Å². The molecule has 10 heavy (non-hydrogen) atoms. The molecule has 0 spiro atoms. The van der Waals surface area contributed by atoms with E-state index < -0.39 is 0 Å². The maximum absolute atomic E-state index is 4.23. The van der Waals surface area contributed by atoms with E-state index in [0.717, 1.165) is 19.5 Å². The van der Waals surface area contributed by atoms with Crippen molar-refractivity contribution in [3.05, 3.63) is 0 Å². The lowest BCUT2D eigenvalue weighted by molar-refractivity contribution is 0.921. The van der Waals surface area contributed by atoms with Crippen molar-refractivity contribution in [3.63, 3.8) is 0 Å². The Labute approximate surface area is 63.7 Å². The molecule has 1 N–H and O–H groups in total. The van der Waals surface area contributed by atoms with Gasteiger partial charge < -0.3 is 5.32 Å². The van der Waals surface area contributed by atoms with Crippen molar-refractivity contribution in [2.24, 2.45) is 4.99 Å². The molecule has 0 aromatic rings. The summed E-state index contributed by atoms with van der Waals surface area (Å²) >= 11 is 0. The van der Waals surface area contributed by atoms with Gasteiger partial charge in [0.05, 0.1) is 5.84 Å². The third kappa shape index (κ3) is 3.49. The van der Waals surface area contributed by atoms with Crippen LogP contribution in [0.2, 0.25) is 0 Å². The molecule has 0 aromatic carbocycles. The van der Waals surface area contributed by atoms with E-state index in [-0.39, 0.29) is 0 Å². The Balaban J connectivity index is 0.000000371. The average Bonchev–Trinajstić information content (AvgIpc) is 2.46. The Morgan fingerprint density at radius 1 is 1.50 bits per heavy atom. The Morgan fingerprint density at radius 3 is 2.60 bits per heavy atom. The van der Waals surface area contributed by atoms with Gasteiger partial charge in [-0.05, 0) is 13.3 Å². The summed E-state index contributed by atoms with van der Waals surface area (Å²) in [6, 6.07) is 0. The standard InChI is InChI=1S/C6H12N2.C2H6/c1-2-7-6-4-3-5-8-6;1-2/h2-5H2,1H3,(H,7,8);1-2H3. The van der Waals surface area contributed by atoms with Crippen molar-refractivity contribution in [2.75, 3.05) is 13.1 Å². The minimum atomic E-state index is 1.01. The summed E-state index contributed by atoms with van der Waals surface area (Å²) in [5.74, 6) is 1.20. The van der Waals surface area contributed by atoms with Crippen LogP contribution in [0.4, 0.5) is 0 Å². The number of hydrogen-bond acceptors (Lipinski definition) is 2. The van der Waals surface area contributed by atoms with Crippen molar-refractivity contribution in [1.82, 2.24) is 5.32 Å². The first-order valence-corrected chi connectivity index (χ1v) is 4.20. The summed E-state index contributed by atoms with van der Waals surface area (Å²) < 4.78 is 0. The van der Waals surface area contributed by atoms with Crippen molar-refractivity contribution >= 4 is 5.84 Å². The molecule has 0 aliphatic carbocycles. The van der Waals surface area contributed by atoms with Crippen LogP contribution in [0, 0.1) is 0 Å². The zero-order valence-corrected chi connectivity index (χ0v) is 7.28. The molecule has 0 unspecified atom stereocenters. The first-order chi connectivity index (χ1) is 4.93. The van der Waals surface area contributed by atoms with E-state index in [9.17, 15) is 0 Å². The van der Waals surface area contributed by atoms with Gasteiger partial charge in [0.15, 0.2) is 0 Å². The maximum atomic E-state index is 4.23. The molecular formula is C8H18N2. The summed E-state index contributed by atoms with van der Waals surface area (Å²) in [7, 11) is 0. The molecule has 0 radical (unpaired) electrons.